The van der Waals surface area contributed by atoms with E-state index in [9.17, 15) is 0 Å². The van der Waals surface area contributed by atoms with Gasteiger partial charge in [-0.15, -0.1) is 0 Å². The molecule has 0 aliphatic carbocycles. The minimum Gasteiger partial charge on any atom is -0.379 e. The Morgan fingerprint density at radius 1 is 1.47 bits per heavy atom. The molecule has 4 heteroatoms. The molecule has 1 aromatic rings. The fourth-order valence-corrected chi connectivity index (χ4v) is 1.86. The van der Waals surface area contributed by atoms with Crippen molar-refractivity contribution in [2.75, 3.05) is 14.2 Å². The van der Waals surface area contributed by atoms with Crippen molar-refractivity contribution in [1.82, 2.24) is 10.3 Å². The Morgan fingerprint density at radius 2 is 2.18 bits per heavy atom. The van der Waals surface area contributed by atoms with Crippen molar-refractivity contribution in [3.8, 4) is 0 Å². The monoisotopic (exact) mass is 300 g/mol. The van der Waals surface area contributed by atoms with Crippen molar-refractivity contribution in [3.05, 3.63) is 28.5 Å². The molecule has 96 valence electrons. The highest BCUT2D eigenvalue weighted by Crippen LogP contribution is 2.23. The summed E-state index contributed by atoms with van der Waals surface area (Å²) in [5.41, 5.74) is 0.993. The Hall–Kier alpha value is -0.450. The molecule has 17 heavy (non-hydrogen) atoms. The van der Waals surface area contributed by atoms with Gasteiger partial charge in [-0.1, -0.05) is 0 Å². The van der Waals surface area contributed by atoms with Gasteiger partial charge in [0.15, 0.2) is 0 Å². The molecule has 1 aromatic heterocycles. The van der Waals surface area contributed by atoms with E-state index in [1.807, 2.05) is 25.4 Å². The van der Waals surface area contributed by atoms with Crippen LogP contribution in [0, 0.1) is 0 Å². The summed E-state index contributed by atoms with van der Waals surface area (Å²) in [6.07, 6.45) is 3.83. The number of aromatic nitrogens is 1. The van der Waals surface area contributed by atoms with E-state index in [0.29, 0.717) is 0 Å². The zero-order valence-electron chi connectivity index (χ0n) is 11.0. The first-order valence-corrected chi connectivity index (χ1v) is 6.61. The molecule has 0 amide bonds. The lowest BCUT2D eigenvalue weighted by atomic mass is 9.97. The van der Waals surface area contributed by atoms with E-state index in [1.54, 1.807) is 7.11 Å². The molecule has 0 saturated carbocycles. The topological polar surface area (TPSA) is 34.1 Å². The van der Waals surface area contributed by atoms with Crippen LogP contribution in [-0.4, -0.2) is 24.7 Å². The number of halogens is 1. The summed E-state index contributed by atoms with van der Waals surface area (Å²) in [5.74, 6) is 0. The zero-order chi connectivity index (χ0) is 12.9. The van der Waals surface area contributed by atoms with Crippen LogP contribution in [-0.2, 0) is 4.74 Å². The van der Waals surface area contributed by atoms with Crippen molar-refractivity contribution in [3.63, 3.8) is 0 Å². The van der Waals surface area contributed by atoms with Crippen LogP contribution in [0.2, 0.25) is 0 Å². The fraction of sp³-hybridized carbons (Fsp3) is 0.615. The van der Waals surface area contributed by atoms with Gasteiger partial charge in [0.2, 0.25) is 0 Å². The third kappa shape index (κ3) is 4.74. The lowest BCUT2D eigenvalue weighted by molar-refractivity contribution is 0.0117. The highest BCUT2D eigenvalue weighted by Gasteiger charge is 2.19. The first-order valence-electron chi connectivity index (χ1n) is 5.82. The number of rotatable bonds is 6. The highest BCUT2D eigenvalue weighted by atomic mass is 79.9. The third-order valence-electron chi connectivity index (χ3n) is 3.04. The normalized spacial score (nSPS) is 13.7. The van der Waals surface area contributed by atoms with E-state index in [1.165, 1.54) is 0 Å². The lowest BCUT2D eigenvalue weighted by Crippen LogP contribution is -2.26. The molecule has 0 fully saturated rings. The maximum absolute atomic E-state index is 5.43. The molecule has 0 radical (unpaired) electrons. The summed E-state index contributed by atoms with van der Waals surface area (Å²) in [6.45, 7) is 4.21. The maximum Gasteiger partial charge on any atom is 0.0623 e. The number of pyridine rings is 1. The van der Waals surface area contributed by atoms with E-state index in [2.05, 4.69) is 40.1 Å². The largest absolute Gasteiger partial charge is 0.379 e. The molecule has 1 unspecified atom stereocenters. The predicted octanol–water partition coefficient (Wildman–Crippen LogP) is 3.31. The summed E-state index contributed by atoms with van der Waals surface area (Å²) in [7, 11) is 3.72. The molecule has 0 spiro atoms. The minimum absolute atomic E-state index is 0.0789. The number of methoxy groups -OCH3 is 1. The first-order chi connectivity index (χ1) is 7.98. The van der Waals surface area contributed by atoms with Gasteiger partial charge in [0.25, 0.3) is 0 Å². The molecule has 1 heterocycles. The van der Waals surface area contributed by atoms with Gasteiger partial charge >= 0.3 is 0 Å². The standard InChI is InChI=1S/C13H21BrN2O/c1-13(2,17-4)8-7-11(15-3)12-6-5-10(14)9-16-12/h5-6,9,11,15H,7-8H2,1-4H3. The van der Waals surface area contributed by atoms with Crippen LogP contribution in [0.3, 0.4) is 0 Å². The second kappa shape index (κ2) is 6.47. The van der Waals surface area contributed by atoms with Gasteiger partial charge in [-0.3, -0.25) is 4.98 Å². The molecule has 0 aliphatic rings. The van der Waals surface area contributed by atoms with Gasteiger partial charge in [-0.05, 0) is 61.8 Å². The average Bonchev–Trinajstić information content (AvgIpc) is 2.32. The second-order valence-corrected chi connectivity index (χ2v) is 5.66. The van der Waals surface area contributed by atoms with Crippen LogP contribution >= 0.6 is 15.9 Å². The fourth-order valence-electron chi connectivity index (χ4n) is 1.63. The molecule has 0 bridgehead atoms. The Bertz CT molecular complexity index is 338. The molecule has 1 atom stereocenters. The second-order valence-electron chi connectivity index (χ2n) is 4.75. The molecule has 1 N–H and O–H groups in total. The summed E-state index contributed by atoms with van der Waals surface area (Å²) in [6, 6.07) is 4.34. The predicted molar refractivity (Wildman–Crippen MR) is 74.1 cm³/mol. The molecule has 0 aliphatic heterocycles. The van der Waals surface area contributed by atoms with Crippen LogP contribution in [0.15, 0.2) is 22.8 Å². The number of hydrogen-bond donors (Lipinski definition) is 1. The van der Waals surface area contributed by atoms with Crippen molar-refractivity contribution in [2.45, 2.75) is 38.3 Å². The van der Waals surface area contributed by atoms with Crippen LogP contribution in [0.1, 0.15) is 38.4 Å². The maximum atomic E-state index is 5.43. The summed E-state index contributed by atoms with van der Waals surface area (Å²) in [4.78, 5) is 4.43. The van der Waals surface area contributed by atoms with Crippen molar-refractivity contribution < 1.29 is 4.74 Å². The highest BCUT2D eigenvalue weighted by molar-refractivity contribution is 9.10. The van der Waals surface area contributed by atoms with Crippen molar-refractivity contribution in [2.24, 2.45) is 0 Å². The number of hydrogen-bond acceptors (Lipinski definition) is 3. The molecule has 3 nitrogen and oxygen atoms in total. The van der Waals surface area contributed by atoms with Crippen molar-refractivity contribution >= 4 is 15.9 Å². The van der Waals surface area contributed by atoms with Crippen LogP contribution < -0.4 is 5.32 Å². The quantitative estimate of drug-likeness (QED) is 0.875. The van der Waals surface area contributed by atoms with E-state index in [4.69, 9.17) is 4.74 Å². The Labute approximate surface area is 112 Å². The molecular formula is C13H21BrN2O. The summed E-state index contributed by atoms with van der Waals surface area (Å²) in [5, 5.41) is 3.30. The molecular weight excluding hydrogens is 280 g/mol. The SMILES string of the molecule is CNC(CCC(C)(C)OC)c1ccc(Br)cn1. The first kappa shape index (κ1) is 14.6. The van der Waals surface area contributed by atoms with E-state index < -0.39 is 0 Å². The Balaban J connectivity index is 2.63. The number of nitrogens with one attached hydrogen (secondary N) is 1. The zero-order valence-corrected chi connectivity index (χ0v) is 12.5. The van der Waals surface area contributed by atoms with Gasteiger partial charge in [0.1, 0.15) is 0 Å². The third-order valence-corrected chi connectivity index (χ3v) is 3.51. The van der Waals surface area contributed by atoms with Gasteiger partial charge < -0.3 is 10.1 Å². The smallest absolute Gasteiger partial charge is 0.0623 e. The molecule has 0 aromatic carbocycles. The van der Waals surface area contributed by atoms with Gasteiger partial charge in [0.05, 0.1) is 11.3 Å². The minimum atomic E-state index is -0.0789. The van der Waals surface area contributed by atoms with Crippen LogP contribution in [0.4, 0.5) is 0 Å². The van der Waals surface area contributed by atoms with Crippen LogP contribution in [0.5, 0.6) is 0 Å². The summed E-state index contributed by atoms with van der Waals surface area (Å²) >= 11 is 3.40. The Kier molecular flexibility index (Phi) is 5.56. The van der Waals surface area contributed by atoms with E-state index >= 15 is 0 Å². The van der Waals surface area contributed by atoms with Crippen LogP contribution in [0.25, 0.3) is 0 Å². The van der Waals surface area contributed by atoms with Gasteiger partial charge in [-0.25, -0.2) is 0 Å². The van der Waals surface area contributed by atoms with Gasteiger partial charge in [0, 0.05) is 23.8 Å². The summed E-state index contributed by atoms with van der Waals surface area (Å²) < 4.78 is 6.44. The number of ether oxygens (including phenoxy) is 1. The van der Waals surface area contributed by atoms with E-state index in [-0.39, 0.29) is 11.6 Å². The van der Waals surface area contributed by atoms with E-state index in [0.717, 1.165) is 23.0 Å². The lowest BCUT2D eigenvalue weighted by Gasteiger charge is -2.25. The average molecular weight is 301 g/mol. The molecule has 0 saturated heterocycles. The molecule has 1 rings (SSSR count). The van der Waals surface area contributed by atoms with Gasteiger partial charge in [-0.2, -0.15) is 0 Å². The number of nitrogens with zero attached hydrogens (tertiary/aromatic N) is 1. The van der Waals surface area contributed by atoms with Crippen molar-refractivity contribution in [1.29, 1.82) is 0 Å². The Morgan fingerprint density at radius 3 is 2.65 bits per heavy atom.